The molecule has 0 unspecified atom stereocenters. The first-order valence-corrected chi connectivity index (χ1v) is 25.2. The summed E-state index contributed by atoms with van der Waals surface area (Å²) in [5.41, 5.74) is 16.5. The predicted molar refractivity (Wildman–Crippen MR) is 263 cm³/mol. The lowest BCUT2D eigenvalue weighted by atomic mass is 10.0. The molecule has 75 heavy (non-hydrogen) atoms. The molecule has 10 amide bonds. The van der Waals surface area contributed by atoms with Gasteiger partial charge in [-0.05, 0) is 84.0 Å². The number of guanidine groups is 1. The molecule has 0 aromatic carbocycles. The Bertz CT molecular complexity index is 2190. The van der Waals surface area contributed by atoms with Gasteiger partial charge in [-0.15, -0.1) is 0 Å². The lowest BCUT2D eigenvalue weighted by Crippen LogP contribution is -2.59. The zero-order valence-corrected chi connectivity index (χ0v) is 42.8. The maximum atomic E-state index is 13.7. The number of aliphatic hydroxyl groups is 1. The summed E-state index contributed by atoms with van der Waals surface area (Å²) in [5.74, 6) is -10.9. The fourth-order valence-corrected chi connectivity index (χ4v) is 9.49. The van der Waals surface area contributed by atoms with Crippen LogP contribution < -0.4 is 49.1 Å². The molecule has 0 aliphatic carbocycles. The average molecular weight is 1060 g/mol. The highest BCUT2D eigenvalue weighted by atomic mass is 16.4. The molecule has 4 fully saturated rings. The van der Waals surface area contributed by atoms with Gasteiger partial charge in [-0.25, -0.2) is 4.79 Å². The molecule has 15 N–H and O–H groups in total. The molecular weight excluding hydrogens is 989 g/mol. The Balaban J connectivity index is 1.29. The highest BCUT2D eigenvalue weighted by Gasteiger charge is 2.44. The molecule has 29 nitrogen and oxygen atoms in total. The molecule has 0 spiro atoms. The number of carbonyl (C=O) groups excluding carboxylic acids is 10. The van der Waals surface area contributed by atoms with Crippen molar-refractivity contribution < 1.29 is 72.9 Å². The van der Waals surface area contributed by atoms with Gasteiger partial charge in [0.2, 0.25) is 59.1 Å². The van der Waals surface area contributed by atoms with Crippen molar-refractivity contribution in [3.63, 3.8) is 0 Å². The topological polar surface area (TPSA) is 441 Å². The maximum Gasteiger partial charge on any atom is 0.326 e. The third kappa shape index (κ3) is 16.7. The van der Waals surface area contributed by atoms with Gasteiger partial charge in [0.25, 0.3) is 0 Å². The summed E-state index contributed by atoms with van der Waals surface area (Å²) < 4.78 is 0. The minimum atomic E-state index is -1.74. The number of carbonyl (C=O) groups is 12. The number of aliphatic imine (C=N–C) groups is 1. The van der Waals surface area contributed by atoms with E-state index in [9.17, 15) is 72.9 Å². The first-order chi connectivity index (χ1) is 35.3. The van der Waals surface area contributed by atoms with Crippen molar-refractivity contribution in [3.05, 3.63) is 0 Å². The molecule has 10 atom stereocenters. The number of hydrogen-bond donors (Lipinski definition) is 12. The normalized spacial score (nSPS) is 21.7. The molecule has 4 aliphatic rings. The van der Waals surface area contributed by atoms with Crippen LogP contribution in [-0.4, -0.2) is 218 Å². The summed E-state index contributed by atoms with van der Waals surface area (Å²) in [6.45, 7) is 5.47. The lowest BCUT2D eigenvalue weighted by Gasteiger charge is -2.32. The van der Waals surface area contributed by atoms with Gasteiger partial charge in [-0.3, -0.25) is 57.7 Å². The van der Waals surface area contributed by atoms with Crippen LogP contribution in [0.5, 0.6) is 0 Å². The van der Waals surface area contributed by atoms with Gasteiger partial charge in [-0.1, -0.05) is 13.8 Å². The quantitative estimate of drug-likeness (QED) is 0.0230. The zero-order valence-electron chi connectivity index (χ0n) is 42.8. The second-order valence-electron chi connectivity index (χ2n) is 19.5. The first kappa shape index (κ1) is 60.4. The van der Waals surface area contributed by atoms with Crippen molar-refractivity contribution in [1.82, 2.24) is 51.5 Å². The number of carboxylic acids is 2. The molecule has 4 rings (SSSR count). The van der Waals surface area contributed by atoms with Gasteiger partial charge >= 0.3 is 11.9 Å². The number of rotatable bonds is 25. The van der Waals surface area contributed by atoms with E-state index in [1.807, 2.05) is 0 Å². The van der Waals surface area contributed by atoms with Gasteiger partial charge < -0.3 is 84.0 Å². The summed E-state index contributed by atoms with van der Waals surface area (Å²) in [6, 6.07) is -10.8. The Morgan fingerprint density at radius 1 is 0.600 bits per heavy atom. The number of carboxylic acid groups (broad SMARTS) is 2. The number of aliphatic carboxylic acids is 2. The molecule has 4 saturated heterocycles. The molecule has 0 aromatic rings. The van der Waals surface area contributed by atoms with Gasteiger partial charge in [0, 0.05) is 32.7 Å². The van der Waals surface area contributed by atoms with E-state index in [4.69, 9.17) is 17.2 Å². The molecule has 0 radical (unpaired) electrons. The Morgan fingerprint density at radius 3 is 1.56 bits per heavy atom. The summed E-state index contributed by atoms with van der Waals surface area (Å²) in [5, 5.41) is 43.9. The monoisotopic (exact) mass is 1060 g/mol. The molecule has 0 saturated carbocycles. The Kier molecular flexibility index (Phi) is 22.5. The summed E-state index contributed by atoms with van der Waals surface area (Å²) in [4.78, 5) is 166. The minimum Gasteiger partial charge on any atom is -0.481 e. The van der Waals surface area contributed by atoms with E-state index in [0.29, 0.717) is 38.5 Å². The minimum absolute atomic E-state index is 0.00511. The van der Waals surface area contributed by atoms with Gasteiger partial charge in [0.05, 0.1) is 25.6 Å². The van der Waals surface area contributed by atoms with Crippen molar-refractivity contribution in [2.24, 2.45) is 28.1 Å². The fraction of sp³-hybridized carbons (Fsp3) is 0.717. The van der Waals surface area contributed by atoms with Crippen molar-refractivity contribution in [2.75, 3.05) is 45.8 Å². The number of amides is 10. The van der Waals surface area contributed by atoms with Crippen LogP contribution in [0.4, 0.5) is 0 Å². The van der Waals surface area contributed by atoms with E-state index in [-0.39, 0.29) is 64.4 Å². The number of nitrogens with zero attached hydrogens (tertiary/aromatic N) is 5. The van der Waals surface area contributed by atoms with Crippen LogP contribution in [0.1, 0.15) is 98.3 Å². The van der Waals surface area contributed by atoms with E-state index < -0.39 is 157 Å². The van der Waals surface area contributed by atoms with E-state index in [1.165, 1.54) is 28.5 Å². The van der Waals surface area contributed by atoms with Crippen LogP contribution in [0, 0.1) is 5.92 Å². The van der Waals surface area contributed by atoms with Gasteiger partial charge in [0.15, 0.2) is 5.96 Å². The van der Waals surface area contributed by atoms with Crippen molar-refractivity contribution in [3.8, 4) is 0 Å². The van der Waals surface area contributed by atoms with Crippen LogP contribution in [0.25, 0.3) is 0 Å². The number of likely N-dealkylation sites (tertiary alicyclic amines) is 4. The summed E-state index contributed by atoms with van der Waals surface area (Å²) >= 11 is 0. The third-order valence-electron chi connectivity index (χ3n) is 13.6. The lowest BCUT2D eigenvalue weighted by molar-refractivity contribution is -0.148. The van der Waals surface area contributed by atoms with Crippen LogP contribution in [-0.2, 0) is 57.5 Å². The average Bonchev–Trinajstić information content (AvgIpc) is 4.21. The zero-order chi connectivity index (χ0) is 55.8. The Labute approximate surface area is 433 Å². The van der Waals surface area contributed by atoms with Crippen molar-refractivity contribution >= 4 is 77.0 Å². The van der Waals surface area contributed by atoms with Crippen molar-refractivity contribution in [2.45, 2.75) is 159 Å². The smallest absolute Gasteiger partial charge is 0.326 e. The highest BCUT2D eigenvalue weighted by Crippen LogP contribution is 2.26. The maximum absolute atomic E-state index is 13.7. The number of hydrogen-bond acceptors (Lipinski definition) is 15. The molecule has 0 bridgehead atoms. The Hall–Kier alpha value is -7.17. The number of nitrogens with one attached hydrogen (secondary N) is 6. The van der Waals surface area contributed by atoms with Crippen LogP contribution in [0.15, 0.2) is 4.99 Å². The highest BCUT2D eigenvalue weighted by molar-refractivity contribution is 5.99. The largest absolute Gasteiger partial charge is 0.481 e. The molecule has 29 heteroatoms. The third-order valence-corrected chi connectivity index (χ3v) is 13.6. The number of aliphatic hydroxyl groups excluding tert-OH is 1. The van der Waals surface area contributed by atoms with E-state index in [2.05, 4.69) is 36.9 Å². The van der Waals surface area contributed by atoms with Gasteiger partial charge in [0.1, 0.15) is 54.4 Å². The molecule has 0 aromatic heterocycles. The van der Waals surface area contributed by atoms with Crippen LogP contribution in [0.3, 0.4) is 0 Å². The molecule has 4 heterocycles. The molecule has 4 aliphatic heterocycles. The summed E-state index contributed by atoms with van der Waals surface area (Å²) in [7, 11) is 0. The predicted octanol–water partition coefficient (Wildman–Crippen LogP) is -5.88. The van der Waals surface area contributed by atoms with Crippen LogP contribution in [0.2, 0.25) is 0 Å². The van der Waals surface area contributed by atoms with Crippen LogP contribution >= 0.6 is 0 Å². The standard InChI is InChI=1S/C46H74N14O15/c1-23(2)36(42(71)52-22-33(63)57-16-6-11-28(57)40(69)54-26(45(74)75)10-5-15-50-46(48)49)56-38(67)27(20-34(64)65)55-41(70)29-12-7-17-58(29)32(62)21-51-37(66)24(3)53-39(68)30-13-8-18-59(30)43(72)31-14-9-19-60(31)44(73)35(47)25(4)61/h23-31,35-36,61H,5-22,47H2,1-4H3,(H,51,66)(H,52,71)(H,53,68)(H,54,69)(H,55,70)(H,56,67)(H,64,65)(H,74,75)(H4,48,49,50)/t24-,25+,26-,27-,28-,29-,30-,31-,35-,36-/m0/s1. The molecule has 418 valence electrons. The van der Waals surface area contributed by atoms with Crippen molar-refractivity contribution in [1.29, 1.82) is 0 Å². The SMILES string of the molecule is CC(C)[C@H](NC(=O)[C@H](CC(=O)O)NC(=O)[C@@H]1CCCN1C(=O)CNC(=O)[C@H](C)NC(=O)[C@@H]1CCCN1C(=O)[C@@H]1CCCN1C(=O)[C@@H](N)[C@@H](C)O)C(=O)NCC(=O)N1CCC[C@H]1C(=O)N[C@@H](CCCN=C(N)N)C(=O)O. The van der Waals surface area contributed by atoms with Gasteiger partial charge in [-0.2, -0.15) is 0 Å². The first-order valence-electron chi connectivity index (χ1n) is 25.2. The van der Waals surface area contributed by atoms with E-state index in [0.717, 1.165) is 4.90 Å². The molecular formula is C46H74N14O15. The number of nitrogens with two attached hydrogens (primary N) is 3. The van der Waals surface area contributed by atoms with E-state index >= 15 is 0 Å². The van der Waals surface area contributed by atoms with E-state index in [1.54, 1.807) is 13.8 Å². The fourth-order valence-electron chi connectivity index (χ4n) is 9.49. The summed E-state index contributed by atoms with van der Waals surface area (Å²) in [6.07, 6.45) is 0.905. The Morgan fingerprint density at radius 2 is 1.07 bits per heavy atom. The second kappa shape index (κ2) is 27.9. The second-order valence-corrected chi connectivity index (χ2v) is 19.5.